The Hall–Kier alpha value is -6.64. The summed E-state index contributed by atoms with van der Waals surface area (Å²) in [6, 6.07) is 70.4. The largest absolute Gasteiger partial charge is 0.309 e. The standard InChI is InChI=1S/C48H32N2.CH4/c1-3-11-33(12-4-1)35-19-25-39(26-20-35)49-45-17-9-7-15-41(45)43-31-37(23-29-47(43)49)38-24-30-48-44(32-38)42-16-8-10-18-46(42)50(48)40-27-21-36(22-28-40)34-13-5-2-6-14-34;/h1-32H;1H4. The SMILES string of the molecule is C.c1ccc(-c2ccc(-n3c4ccccc4c4cc(-c5ccc6c(c5)c5ccccc5n6-c5ccc(-c6ccccc6)cc5)ccc43)cc2)cc1. The first-order chi connectivity index (χ1) is 24.8. The number of aromatic nitrogens is 2. The zero-order valence-electron chi connectivity index (χ0n) is 27.4. The van der Waals surface area contributed by atoms with Crippen molar-refractivity contribution in [1.82, 2.24) is 9.13 Å². The van der Waals surface area contributed by atoms with Gasteiger partial charge in [0.15, 0.2) is 0 Å². The molecule has 0 aliphatic rings. The summed E-state index contributed by atoms with van der Waals surface area (Å²) in [7, 11) is 0. The average molecular weight is 653 g/mol. The molecule has 0 aliphatic carbocycles. The molecule has 0 fully saturated rings. The van der Waals surface area contributed by atoms with E-state index in [1.165, 1.54) is 77.0 Å². The summed E-state index contributed by atoms with van der Waals surface area (Å²) in [6.45, 7) is 0. The van der Waals surface area contributed by atoms with E-state index in [0.717, 1.165) is 11.4 Å². The van der Waals surface area contributed by atoms with Gasteiger partial charge in [-0.3, -0.25) is 0 Å². The minimum atomic E-state index is 0. The molecule has 242 valence electrons. The van der Waals surface area contributed by atoms with Gasteiger partial charge in [-0.15, -0.1) is 0 Å². The van der Waals surface area contributed by atoms with Crippen molar-refractivity contribution in [1.29, 1.82) is 0 Å². The highest BCUT2D eigenvalue weighted by molar-refractivity contribution is 6.12. The van der Waals surface area contributed by atoms with Crippen molar-refractivity contribution in [2.24, 2.45) is 0 Å². The van der Waals surface area contributed by atoms with Gasteiger partial charge in [-0.05, 0) is 94.0 Å². The minimum Gasteiger partial charge on any atom is -0.309 e. The van der Waals surface area contributed by atoms with E-state index in [1.807, 2.05) is 0 Å². The van der Waals surface area contributed by atoms with Gasteiger partial charge in [-0.1, -0.05) is 141 Å². The summed E-state index contributed by atoms with van der Waals surface area (Å²) in [6.07, 6.45) is 0. The van der Waals surface area contributed by atoms with E-state index in [-0.39, 0.29) is 7.43 Å². The quantitative estimate of drug-likeness (QED) is 0.175. The van der Waals surface area contributed by atoms with Crippen LogP contribution in [-0.4, -0.2) is 9.13 Å². The van der Waals surface area contributed by atoms with Crippen molar-refractivity contribution < 1.29 is 0 Å². The molecule has 2 heteroatoms. The van der Waals surface area contributed by atoms with Crippen molar-refractivity contribution >= 4 is 43.6 Å². The van der Waals surface area contributed by atoms with Crippen molar-refractivity contribution in [3.63, 3.8) is 0 Å². The Morgan fingerprint density at radius 2 is 0.549 bits per heavy atom. The topological polar surface area (TPSA) is 9.86 Å². The molecule has 2 aromatic heterocycles. The van der Waals surface area contributed by atoms with Gasteiger partial charge >= 0.3 is 0 Å². The van der Waals surface area contributed by atoms with Crippen molar-refractivity contribution in [2.75, 3.05) is 0 Å². The van der Waals surface area contributed by atoms with Crippen LogP contribution in [0.3, 0.4) is 0 Å². The van der Waals surface area contributed by atoms with E-state index in [4.69, 9.17) is 0 Å². The van der Waals surface area contributed by atoms with Crippen LogP contribution in [-0.2, 0) is 0 Å². The van der Waals surface area contributed by atoms with Gasteiger partial charge in [-0.25, -0.2) is 0 Å². The third-order valence-electron chi connectivity index (χ3n) is 10.1. The Bertz CT molecular complexity index is 2620. The highest BCUT2D eigenvalue weighted by Crippen LogP contribution is 2.38. The lowest BCUT2D eigenvalue weighted by Crippen LogP contribution is -1.94. The van der Waals surface area contributed by atoms with Gasteiger partial charge in [0.1, 0.15) is 0 Å². The molecule has 0 atom stereocenters. The highest BCUT2D eigenvalue weighted by atomic mass is 15.0. The fourth-order valence-corrected chi connectivity index (χ4v) is 7.73. The molecular formula is C49H36N2. The zero-order chi connectivity index (χ0) is 33.0. The second kappa shape index (κ2) is 12.4. The predicted molar refractivity (Wildman–Crippen MR) is 218 cm³/mol. The molecule has 0 radical (unpaired) electrons. The molecule has 2 heterocycles. The number of rotatable bonds is 5. The van der Waals surface area contributed by atoms with E-state index < -0.39 is 0 Å². The van der Waals surface area contributed by atoms with Gasteiger partial charge in [-0.2, -0.15) is 0 Å². The molecule has 51 heavy (non-hydrogen) atoms. The molecule has 0 spiro atoms. The lowest BCUT2D eigenvalue weighted by atomic mass is 10.0. The smallest absolute Gasteiger partial charge is 0.0541 e. The highest BCUT2D eigenvalue weighted by Gasteiger charge is 2.16. The number of hydrogen-bond acceptors (Lipinski definition) is 0. The first-order valence-electron chi connectivity index (χ1n) is 17.2. The molecule has 10 rings (SSSR count). The van der Waals surface area contributed by atoms with E-state index in [2.05, 4.69) is 203 Å². The van der Waals surface area contributed by atoms with E-state index in [9.17, 15) is 0 Å². The number of nitrogens with zero attached hydrogens (tertiary/aromatic N) is 2. The van der Waals surface area contributed by atoms with Crippen LogP contribution >= 0.6 is 0 Å². The van der Waals surface area contributed by atoms with Gasteiger partial charge < -0.3 is 9.13 Å². The molecule has 0 bridgehead atoms. The number of fused-ring (bicyclic) bond motifs is 6. The van der Waals surface area contributed by atoms with Crippen molar-refractivity contribution in [2.45, 2.75) is 7.43 Å². The van der Waals surface area contributed by atoms with Crippen LogP contribution in [0.2, 0.25) is 0 Å². The fourth-order valence-electron chi connectivity index (χ4n) is 7.73. The van der Waals surface area contributed by atoms with E-state index in [1.54, 1.807) is 0 Å². The van der Waals surface area contributed by atoms with Crippen LogP contribution < -0.4 is 0 Å². The van der Waals surface area contributed by atoms with Crippen LogP contribution in [0.15, 0.2) is 194 Å². The first kappa shape index (κ1) is 30.4. The van der Waals surface area contributed by atoms with Crippen LogP contribution in [0.25, 0.3) is 88.4 Å². The molecule has 8 aromatic carbocycles. The maximum atomic E-state index is 2.39. The Balaban J connectivity index is 0.00000348. The lowest BCUT2D eigenvalue weighted by molar-refractivity contribution is 1.18. The normalized spacial score (nSPS) is 11.4. The Labute approximate surface area is 298 Å². The fraction of sp³-hybridized carbons (Fsp3) is 0.0204. The molecule has 0 amide bonds. The maximum Gasteiger partial charge on any atom is 0.0541 e. The van der Waals surface area contributed by atoms with Crippen molar-refractivity contribution in [3.8, 4) is 44.8 Å². The Morgan fingerprint density at radius 3 is 0.961 bits per heavy atom. The van der Waals surface area contributed by atoms with E-state index in [0.29, 0.717) is 0 Å². The molecule has 0 N–H and O–H groups in total. The minimum absolute atomic E-state index is 0. The summed E-state index contributed by atoms with van der Waals surface area (Å²) in [5, 5.41) is 5.03. The summed E-state index contributed by atoms with van der Waals surface area (Å²) >= 11 is 0. The third kappa shape index (κ3) is 5.04. The summed E-state index contributed by atoms with van der Waals surface area (Å²) in [5.41, 5.74) is 14.5. The lowest BCUT2D eigenvalue weighted by Gasteiger charge is -2.11. The van der Waals surface area contributed by atoms with Gasteiger partial charge in [0, 0.05) is 32.9 Å². The van der Waals surface area contributed by atoms with Crippen LogP contribution in [0.4, 0.5) is 0 Å². The summed E-state index contributed by atoms with van der Waals surface area (Å²) in [5.74, 6) is 0. The molecule has 10 aromatic rings. The summed E-state index contributed by atoms with van der Waals surface area (Å²) < 4.78 is 4.78. The van der Waals surface area contributed by atoms with Crippen LogP contribution in [0.5, 0.6) is 0 Å². The molecule has 0 unspecified atom stereocenters. The molecule has 2 nitrogen and oxygen atoms in total. The Kier molecular flexibility index (Phi) is 7.37. The van der Waals surface area contributed by atoms with E-state index >= 15 is 0 Å². The second-order valence-corrected chi connectivity index (χ2v) is 13.0. The predicted octanol–water partition coefficient (Wildman–Crippen LogP) is 13.5. The third-order valence-corrected chi connectivity index (χ3v) is 10.1. The Morgan fingerprint density at radius 1 is 0.235 bits per heavy atom. The average Bonchev–Trinajstić information content (AvgIpc) is 3.71. The van der Waals surface area contributed by atoms with Gasteiger partial charge in [0.25, 0.3) is 0 Å². The molecule has 0 saturated heterocycles. The number of benzene rings is 8. The number of hydrogen-bond donors (Lipinski definition) is 0. The van der Waals surface area contributed by atoms with Gasteiger partial charge in [0.05, 0.1) is 22.1 Å². The molecule has 0 aliphatic heterocycles. The zero-order valence-corrected chi connectivity index (χ0v) is 27.4. The van der Waals surface area contributed by atoms with Crippen LogP contribution in [0, 0.1) is 0 Å². The summed E-state index contributed by atoms with van der Waals surface area (Å²) in [4.78, 5) is 0. The maximum absolute atomic E-state index is 2.39. The molecular weight excluding hydrogens is 617 g/mol. The van der Waals surface area contributed by atoms with Crippen molar-refractivity contribution in [3.05, 3.63) is 194 Å². The monoisotopic (exact) mass is 652 g/mol. The first-order valence-corrected chi connectivity index (χ1v) is 17.2. The second-order valence-electron chi connectivity index (χ2n) is 13.0. The van der Waals surface area contributed by atoms with Crippen LogP contribution in [0.1, 0.15) is 7.43 Å². The number of para-hydroxylation sites is 2. The molecule has 0 saturated carbocycles. The van der Waals surface area contributed by atoms with Gasteiger partial charge in [0.2, 0.25) is 0 Å².